The molecule has 0 spiro atoms. The minimum atomic E-state index is -0.192. The molecule has 0 fully saturated rings. The zero-order valence-corrected chi connectivity index (χ0v) is 12.6. The van der Waals surface area contributed by atoms with Gasteiger partial charge in [-0.2, -0.15) is 0 Å². The maximum atomic E-state index is 12.9. The van der Waals surface area contributed by atoms with E-state index in [1.165, 1.54) is 12.1 Å². The van der Waals surface area contributed by atoms with Crippen LogP contribution in [0.3, 0.4) is 0 Å². The normalized spacial score (nSPS) is 16.7. The molecule has 0 amide bonds. The fraction of sp³-hybridized carbons (Fsp3) is 0.333. The van der Waals surface area contributed by atoms with Gasteiger partial charge in [0.2, 0.25) is 0 Å². The lowest BCUT2D eigenvalue weighted by molar-refractivity contribution is 0.239. The van der Waals surface area contributed by atoms with Crippen molar-refractivity contribution < 1.29 is 13.9 Å². The van der Waals surface area contributed by atoms with Gasteiger partial charge in [0.1, 0.15) is 5.82 Å². The molecule has 1 atom stereocenters. The SMILES string of the molecule is COc1cccc2c1OCCC2NCCc1ccc(F)cc1. The van der Waals surface area contributed by atoms with Crippen LogP contribution in [0.2, 0.25) is 0 Å². The fourth-order valence-electron chi connectivity index (χ4n) is 2.81. The molecule has 116 valence electrons. The van der Waals surface area contributed by atoms with Crippen LogP contribution in [0.5, 0.6) is 11.5 Å². The number of hydrogen-bond donors (Lipinski definition) is 1. The molecule has 0 aromatic heterocycles. The van der Waals surface area contributed by atoms with Crippen molar-refractivity contribution in [2.75, 3.05) is 20.3 Å². The van der Waals surface area contributed by atoms with Gasteiger partial charge in [0.25, 0.3) is 0 Å². The first kappa shape index (κ1) is 14.9. The van der Waals surface area contributed by atoms with E-state index >= 15 is 0 Å². The molecule has 2 aromatic carbocycles. The van der Waals surface area contributed by atoms with Crippen LogP contribution in [0.15, 0.2) is 42.5 Å². The first-order valence-corrected chi connectivity index (χ1v) is 7.55. The van der Waals surface area contributed by atoms with E-state index in [2.05, 4.69) is 11.4 Å². The molecule has 0 bridgehead atoms. The first-order chi connectivity index (χ1) is 10.8. The molecule has 1 aliphatic heterocycles. The minimum absolute atomic E-state index is 0.192. The third-order valence-corrected chi connectivity index (χ3v) is 3.98. The molecule has 1 N–H and O–H groups in total. The Morgan fingerprint density at radius 2 is 2.05 bits per heavy atom. The van der Waals surface area contributed by atoms with Crippen LogP contribution in [-0.2, 0) is 6.42 Å². The van der Waals surface area contributed by atoms with E-state index in [4.69, 9.17) is 9.47 Å². The van der Waals surface area contributed by atoms with Gasteiger partial charge in [0.15, 0.2) is 11.5 Å². The fourth-order valence-corrected chi connectivity index (χ4v) is 2.81. The van der Waals surface area contributed by atoms with Gasteiger partial charge < -0.3 is 14.8 Å². The van der Waals surface area contributed by atoms with Crippen molar-refractivity contribution in [1.82, 2.24) is 5.32 Å². The maximum absolute atomic E-state index is 12.9. The maximum Gasteiger partial charge on any atom is 0.165 e. The lowest BCUT2D eigenvalue weighted by atomic mass is 9.99. The Balaban J connectivity index is 1.64. The Labute approximate surface area is 130 Å². The summed E-state index contributed by atoms with van der Waals surface area (Å²) in [5, 5.41) is 3.56. The summed E-state index contributed by atoms with van der Waals surface area (Å²) < 4.78 is 24.0. The monoisotopic (exact) mass is 301 g/mol. The second kappa shape index (κ2) is 6.79. The summed E-state index contributed by atoms with van der Waals surface area (Å²) in [6, 6.07) is 12.9. The second-order valence-corrected chi connectivity index (χ2v) is 5.40. The molecule has 1 unspecified atom stereocenters. The number of hydrogen-bond acceptors (Lipinski definition) is 3. The Kier molecular flexibility index (Phi) is 4.59. The molecular formula is C18H20FNO2. The number of halogens is 1. The number of methoxy groups -OCH3 is 1. The molecule has 1 aliphatic rings. The standard InChI is InChI=1S/C18H20FNO2/c1-21-17-4-2-3-15-16(10-12-22-18(15)17)20-11-9-13-5-7-14(19)8-6-13/h2-8,16,20H,9-12H2,1H3. The quantitative estimate of drug-likeness (QED) is 0.917. The highest BCUT2D eigenvalue weighted by molar-refractivity contribution is 5.49. The van der Waals surface area contributed by atoms with Crippen LogP contribution in [0.4, 0.5) is 4.39 Å². The van der Waals surface area contributed by atoms with Gasteiger partial charge in [-0.15, -0.1) is 0 Å². The number of nitrogens with one attached hydrogen (secondary N) is 1. The minimum Gasteiger partial charge on any atom is -0.493 e. The average Bonchev–Trinajstić information content (AvgIpc) is 2.56. The summed E-state index contributed by atoms with van der Waals surface area (Å²) in [6.45, 7) is 1.52. The van der Waals surface area contributed by atoms with E-state index in [1.54, 1.807) is 7.11 Å². The van der Waals surface area contributed by atoms with Crippen molar-refractivity contribution in [2.24, 2.45) is 0 Å². The highest BCUT2D eigenvalue weighted by atomic mass is 19.1. The van der Waals surface area contributed by atoms with E-state index < -0.39 is 0 Å². The summed E-state index contributed by atoms with van der Waals surface area (Å²) in [5.41, 5.74) is 2.27. The molecule has 0 radical (unpaired) electrons. The third-order valence-electron chi connectivity index (χ3n) is 3.98. The van der Waals surface area contributed by atoms with Gasteiger partial charge in [-0.1, -0.05) is 24.3 Å². The van der Waals surface area contributed by atoms with Gasteiger partial charge in [0.05, 0.1) is 13.7 Å². The Hall–Kier alpha value is -2.07. The largest absolute Gasteiger partial charge is 0.493 e. The van der Waals surface area contributed by atoms with E-state index in [-0.39, 0.29) is 11.9 Å². The van der Waals surface area contributed by atoms with E-state index in [1.807, 2.05) is 24.3 Å². The van der Waals surface area contributed by atoms with Crippen molar-refractivity contribution in [3.8, 4) is 11.5 Å². The highest BCUT2D eigenvalue weighted by Gasteiger charge is 2.23. The predicted octanol–water partition coefficient (Wildman–Crippen LogP) is 3.49. The number of ether oxygens (including phenoxy) is 2. The molecule has 3 nitrogen and oxygen atoms in total. The third kappa shape index (κ3) is 3.22. The molecule has 0 saturated carbocycles. The topological polar surface area (TPSA) is 30.5 Å². The highest BCUT2D eigenvalue weighted by Crippen LogP contribution is 2.39. The van der Waals surface area contributed by atoms with Crippen molar-refractivity contribution in [2.45, 2.75) is 18.9 Å². The Morgan fingerprint density at radius 1 is 1.23 bits per heavy atom. The van der Waals surface area contributed by atoms with Crippen molar-refractivity contribution in [3.63, 3.8) is 0 Å². The van der Waals surface area contributed by atoms with Crippen LogP contribution in [0.1, 0.15) is 23.6 Å². The summed E-state index contributed by atoms with van der Waals surface area (Å²) in [4.78, 5) is 0. The molecule has 3 rings (SSSR count). The van der Waals surface area contributed by atoms with E-state index in [0.717, 1.165) is 42.0 Å². The Morgan fingerprint density at radius 3 is 2.82 bits per heavy atom. The van der Waals surface area contributed by atoms with Gasteiger partial charge in [-0.05, 0) is 36.7 Å². The first-order valence-electron chi connectivity index (χ1n) is 7.55. The summed E-state index contributed by atoms with van der Waals surface area (Å²) >= 11 is 0. The van der Waals surface area contributed by atoms with Gasteiger partial charge >= 0.3 is 0 Å². The number of rotatable bonds is 5. The van der Waals surface area contributed by atoms with Crippen molar-refractivity contribution >= 4 is 0 Å². The zero-order valence-electron chi connectivity index (χ0n) is 12.6. The van der Waals surface area contributed by atoms with Gasteiger partial charge in [-0.25, -0.2) is 4.39 Å². The van der Waals surface area contributed by atoms with Crippen molar-refractivity contribution in [1.29, 1.82) is 0 Å². The Bertz CT molecular complexity index is 627. The molecule has 4 heteroatoms. The summed E-state index contributed by atoms with van der Waals surface area (Å²) in [6.07, 6.45) is 1.81. The number of fused-ring (bicyclic) bond motifs is 1. The van der Waals surface area contributed by atoms with Crippen LogP contribution in [0, 0.1) is 5.82 Å². The summed E-state index contributed by atoms with van der Waals surface area (Å²) in [5.74, 6) is 1.43. The molecule has 22 heavy (non-hydrogen) atoms. The van der Waals surface area contributed by atoms with Crippen molar-refractivity contribution in [3.05, 3.63) is 59.4 Å². The predicted molar refractivity (Wildman–Crippen MR) is 84.0 cm³/mol. The lowest BCUT2D eigenvalue weighted by Gasteiger charge is -2.28. The number of para-hydroxylation sites is 1. The van der Waals surface area contributed by atoms with Crippen LogP contribution >= 0.6 is 0 Å². The smallest absolute Gasteiger partial charge is 0.165 e. The molecule has 0 saturated heterocycles. The van der Waals surface area contributed by atoms with Gasteiger partial charge in [-0.3, -0.25) is 0 Å². The zero-order chi connectivity index (χ0) is 15.4. The number of benzene rings is 2. The van der Waals surface area contributed by atoms with Gasteiger partial charge in [0, 0.05) is 18.0 Å². The van der Waals surface area contributed by atoms with Crippen LogP contribution in [0.25, 0.3) is 0 Å². The summed E-state index contributed by atoms with van der Waals surface area (Å²) in [7, 11) is 1.66. The lowest BCUT2D eigenvalue weighted by Crippen LogP contribution is -2.28. The molecule has 1 heterocycles. The molecule has 0 aliphatic carbocycles. The second-order valence-electron chi connectivity index (χ2n) is 5.40. The van der Waals surface area contributed by atoms with E-state index in [9.17, 15) is 4.39 Å². The van der Waals surface area contributed by atoms with Crippen LogP contribution in [-0.4, -0.2) is 20.3 Å². The van der Waals surface area contributed by atoms with Crippen LogP contribution < -0.4 is 14.8 Å². The average molecular weight is 301 g/mol. The van der Waals surface area contributed by atoms with E-state index in [0.29, 0.717) is 6.61 Å². The molecule has 2 aromatic rings. The molecular weight excluding hydrogens is 281 g/mol.